The van der Waals surface area contributed by atoms with Gasteiger partial charge < -0.3 is 15.5 Å². The van der Waals surface area contributed by atoms with Crippen LogP contribution in [0.25, 0.3) is 0 Å². The number of nitrogens with zero attached hydrogens (tertiary/aromatic N) is 1. The largest absolute Gasteiger partial charge is 0.506 e. The minimum absolute atomic E-state index is 0.134. The summed E-state index contributed by atoms with van der Waals surface area (Å²) in [5.74, 6) is -0.142. The van der Waals surface area contributed by atoms with Gasteiger partial charge in [0.1, 0.15) is 12.0 Å². The lowest BCUT2D eigenvalue weighted by molar-refractivity contribution is -0.384. The maximum Gasteiger partial charge on any atom is 0.271 e. The molecule has 0 aromatic heterocycles. The van der Waals surface area contributed by atoms with Crippen molar-refractivity contribution < 1.29 is 15.1 Å². The average Bonchev–Trinajstić information content (AvgIpc) is 2.07. The first kappa shape index (κ1) is 10.3. The van der Waals surface area contributed by atoms with Crippen molar-refractivity contribution in [2.45, 2.75) is 13.2 Å². The summed E-state index contributed by atoms with van der Waals surface area (Å²) in [5.41, 5.74) is -0.0137. The van der Waals surface area contributed by atoms with Gasteiger partial charge >= 0.3 is 0 Å². The molecule has 0 amide bonds. The topological polar surface area (TPSA) is 95.6 Å². The molecule has 6 nitrogen and oxygen atoms in total. The number of anilines is 1. The second-order valence-electron chi connectivity index (χ2n) is 2.78. The van der Waals surface area contributed by atoms with Gasteiger partial charge in [-0.3, -0.25) is 10.1 Å². The summed E-state index contributed by atoms with van der Waals surface area (Å²) in [7, 11) is 0. The summed E-state index contributed by atoms with van der Waals surface area (Å²) in [6.07, 6.45) is -0.886. The number of benzene rings is 1. The molecule has 0 fully saturated rings. The number of hydrogen-bond acceptors (Lipinski definition) is 5. The smallest absolute Gasteiger partial charge is 0.271 e. The number of phenols is 1. The van der Waals surface area contributed by atoms with Gasteiger partial charge in [-0.1, -0.05) is 0 Å². The Morgan fingerprint density at radius 1 is 1.57 bits per heavy atom. The number of hydrogen-bond donors (Lipinski definition) is 3. The van der Waals surface area contributed by atoms with E-state index in [1.54, 1.807) is 0 Å². The first-order valence-corrected chi connectivity index (χ1v) is 3.92. The van der Waals surface area contributed by atoms with Crippen LogP contribution in [0.1, 0.15) is 6.92 Å². The zero-order valence-corrected chi connectivity index (χ0v) is 7.47. The van der Waals surface area contributed by atoms with E-state index in [0.29, 0.717) is 0 Å². The molecule has 0 aliphatic carbocycles. The highest BCUT2D eigenvalue weighted by atomic mass is 16.6. The van der Waals surface area contributed by atoms with E-state index in [0.717, 1.165) is 6.07 Å². The van der Waals surface area contributed by atoms with E-state index in [1.165, 1.54) is 19.1 Å². The number of aliphatic hydroxyl groups excluding tert-OH is 1. The molecule has 0 saturated carbocycles. The lowest BCUT2D eigenvalue weighted by atomic mass is 10.2. The number of phenolic OH excluding ortho intramolecular Hbond substituents is 1. The summed E-state index contributed by atoms with van der Waals surface area (Å²) >= 11 is 0. The Morgan fingerprint density at radius 3 is 2.71 bits per heavy atom. The molecule has 0 aliphatic heterocycles. The van der Waals surface area contributed by atoms with E-state index >= 15 is 0 Å². The molecule has 1 atom stereocenters. The van der Waals surface area contributed by atoms with Crippen molar-refractivity contribution >= 4 is 11.4 Å². The highest BCUT2D eigenvalue weighted by Gasteiger charge is 2.10. The normalized spacial score (nSPS) is 12.1. The number of nitro groups is 1. The number of nitrogens with one attached hydrogen (secondary N) is 1. The van der Waals surface area contributed by atoms with Crippen molar-refractivity contribution in [1.82, 2.24) is 0 Å². The molecule has 6 heteroatoms. The fourth-order valence-corrected chi connectivity index (χ4v) is 0.978. The van der Waals surface area contributed by atoms with Crippen molar-refractivity contribution in [3.05, 3.63) is 28.3 Å². The van der Waals surface area contributed by atoms with Crippen LogP contribution in [0.2, 0.25) is 0 Å². The molecule has 0 spiro atoms. The summed E-state index contributed by atoms with van der Waals surface area (Å²) in [6.45, 7) is 1.44. The fraction of sp³-hybridized carbons (Fsp3) is 0.250. The summed E-state index contributed by atoms with van der Waals surface area (Å²) in [5, 5.41) is 31.1. The van der Waals surface area contributed by atoms with Crippen molar-refractivity contribution in [2.75, 3.05) is 5.32 Å². The Bertz CT molecular complexity index is 351. The third kappa shape index (κ3) is 2.33. The summed E-state index contributed by atoms with van der Waals surface area (Å²) in [6, 6.07) is 3.54. The van der Waals surface area contributed by atoms with E-state index in [4.69, 9.17) is 5.11 Å². The third-order valence-corrected chi connectivity index (χ3v) is 1.56. The van der Waals surface area contributed by atoms with Crippen LogP contribution in [0.4, 0.5) is 11.4 Å². The molecule has 0 radical (unpaired) electrons. The monoisotopic (exact) mass is 198 g/mol. The molecular weight excluding hydrogens is 188 g/mol. The van der Waals surface area contributed by atoms with Crippen LogP contribution >= 0.6 is 0 Å². The lowest BCUT2D eigenvalue weighted by Gasteiger charge is -2.09. The number of aromatic hydroxyl groups is 1. The minimum Gasteiger partial charge on any atom is -0.506 e. The van der Waals surface area contributed by atoms with Crippen LogP contribution in [0.15, 0.2) is 18.2 Å². The van der Waals surface area contributed by atoms with E-state index in [1.807, 2.05) is 0 Å². The second kappa shape index (κ2) is 3.93. The molecule has 1 aromatic carbocycles. The Balaban J connectivity index is 3.02. The third-order valence-electron chi connectivity index (χ3n) is 1.56. The van der Waals surface area contributed by atoms with Crippen LogP contribution in [-0.2, 0) is 0 Å². The van der Waals surface area contributed by atoms with Gasteiger partial charge in [-0.05, 0) is 13.0 Å². The molecule has 1 aromatic rings. The standard InChI is InChI=1S/C8H10N2O4/c1-5(11)9-7-4-6(10(13)14)2-3-8(7)12/h2-5,9,11-12H,1H3. The van der Waals surface area contributed by atoms with Crippen molar-refractivity contribution in [1.29, 1.82) is 0 Å². The molecule has 0 heterocycles. The average molecular weight is 198 g/mol. The van der Waals surface area contributed by atoms with Crippen molar-refractivity contribution in [3.8, 4) is 5.75 Å². The Morgan fingerprint density at radius 2 is 2.21 bits per heavy atom. The predicted octanol–water partition coefficient (Wildman–Crippen LogP) is 1.05. The number of aliphatic hydroxyl groups is 1. The van der Waals surface area contributed by atoms with Gasteiger partial charge in [0, 0.05) is 12.1 Å². The first-order valence-electron chi connectivity index (χ1n) is 3.92. The van der Waals surface area contributed by atoms with Crippen molar-refractivity contribution in [2.24, 2.45) is 0 Å². The fourth-order valence-electron chi connectivity index (χ4n) is 0.978. The lowest BCUT2D eigenvalue weighted by Crippen LogP contribution is -2.13. The molecule has 0 aliphatic rings. The highest BCUT2D eigenvalue weighted by molar-refractivity contribution is 5.60. The zero-order valence-electron chi connectivity index (χ0n) is 7.47. The zero-order chi connectivity index (χ0) is 10.7. The predicted molar refractivity (Wildman–Crippen MR) is 50.1 cm³/mol. The van der Waals surface area contributed by atoms with E-state index in [2.05, 4.69) is 5.32 Å². The second-order valence-corrected chi connectivity index (χ2v) is 2.78. The van der Waals surface area contributed by atoms with Crippen LogP contribution in [0.5, 0.6) is 5.75 Å². The molecule has 0 bridgehead atoms. The van der Waals surface area contributed by atoms with E-state index in [-0.39, 0.29) is 17.1 Å². The SMILES string of the molecule is CC(O)Nc1cc([N+](=O)[O-])ccc1O. The van der Waals surface area contributed by atoms with Crippen LogP contribution in [-0.4, -0.2) is 21.4 Å². The molecule has 1 unspecified atom stereocenters. The number of nitro benzene ring substituents is 1. The molecule has 1 rings (SSSR count). The maximum atomic E-state index is 10.4. The molecular formula is C8H10N2O4. The summed E-state index contributed by atoms with van der Waals surface area (Å²) < 4.78 is 0. The Labute approximate surface area is 80.0 Å². The van der Waals surface area contributed by atoms with Gasteiger partial charge in [-0.15, -0.1) is 0 Å². The van der Waals surface area contributed by atoms with E-state index < -0.39 is 11.2 Å². The molecule has 3 N–H and O–H groups in total. The van der Waals surface area contributed by atoms with Gasteiger partial charge in [0.15, 0.2) is 0 Å². The Kier molecular flexibility index (Phi) is 2.88. The van der Waals surface area contributed by atoms with E-state index in [9.17, 15) is 15.2 Å². The van der Waals surface area contributed by atoms with Gasteiger partial charge in [-0.25, -0.2) is 0 Å². The molecule has 0 saturated heterocycles. The van der Waals surface area contributed by atoms with Crippen LogP contribution < -0.4 is 5.32 Å². The van der Waals surface area contributed by atoms with Gasteiger partial charge in [-0.2, -0.15) is 0 Å². The van der Waals surface area contributed by atoms with Gasteiger partial charge in [0.05, 0.1) is 10.6 Å². The Hall–Kier alpha value is -1.82. The molecule has 76 valence electrons. The number of rotatable bonds is 3. The highest BCUT2D eigenvalue weighted by Crippen LogP contribution is 2.27. The maximum absolute atomic E-state index is 10.4. The number of non-ortho nitro benzene ring substituents is 1. The quantitative estimate of drug-likeness (QED) is 0.292. The minimum atomic E-state index is -0.886. The van der Waals surface area contributed by atoms with Crippen LogP contribution in [0, 0.1) is 10.1 Å². The van der Waals surface area contributed by atoms with Gasteiger partial charge in [0.2, 0.25) is 0 Å². The first-order chi connectivity index (χ1) is 6.50. The van der Waals surface area contributed by atoms with Gasteiger partial charge in [0.25, 0.3) is 5.69 Å². The summed E-state index contributed by atoms with van der Waals surface area (Å²) in [4.78, 5) is 9.81. The van der Waals surface area contributed by atoms with Crippen molar-refractivity contribution in [3.63, 3.8) is 0 Å². The molecule has 14 heavy (non-hydrogen) atoms. The van der Waals surface area contributed by atoms with Crippen LogP contribution in [0.3, 0.4) is 0 Å².